The zero-order chi connectivity index (χ0) is 33.0. The van der Waals surface area contributed by atoms with Crippen LogP contribution >= 0.6 is 0 Å². The number of para-hydroxylation sites is 1. The van der Waals surface area contributed by atoms with E-state index in [0.29, 0.717) is 23.3 Å². The Labute approximate surface area is 297 Å². The van der Waals surface area contributed by atoms with Crippen molar-refractivity contribution in [1.82, 2.24) is 19.3 Å². The summed E-state index contributed by atoms with van der Waals surface area (Å²) in [6.45, 7) is 17.5. The summed E-state index contributed by atoms with van der Waals surface area (Å²) in [5, 5.41) is 7.33. The number of ether oxygens (including phenoxy) is 1. The third kappa shape index (κ3) is 5.89. The molecule has 0 saturated carbocycles. The van der Waals surface area contributed by atoms with Gasteiger partial charge in [0.15, 0.2) is 0 Å². The summed E-state index contributed by atoms with van der Waals surface area (Å²) < 4.78 is 10.7. The molecule has 0 spiro atoms. The number of fused-ring (bicyclic) bond motifs is 3. The molecule has 0 fully saturated rings. The van der Waals surface area contributed by atoms with Crippen LogP contribution in [0.2, 0.25) is 0 Å². The van der Waals surface area contributed by atoms with Crippen LogP contribution in [0.5, 0.6) is 11.5 Å². The van der Waals surface area contributed by atoms with E-state index in [2.05, 4.69) is 133 Å². The van der Waals surface area contributed by atoms with Gasteiger partial charge in [0.1, 0.15) is 5.82 Å². The van der Waals surface area contributed by atoms with Gasteiger partial charge in [-0.05, 0) is 84.1 Å². The Morgan fingerprint density at radius 3 is 2.12 bits per heavy atom. The maximum Gasteiger partial charge on any atom is 2.00 e. The molecule has 3 aromatic heterocycles. The van der Waals surface area contributed by atoms with Crippen LogP contribution in [0.3, 0.4) is 0 Å². The first-order chi connectivity index (χ1) is 22.6. The molecular formula is C42H40N4OPd. The van der Waals surface area contributed by atoms with Gasteiger partial charge < -0.3 is 9.30 Å². The molecule has 0 aliphatic carbocycles. The third-order valence-corrected chi connectivity index (χ3v) is 9.02. The normalized spacial score (nSPS) is 11.5. The first-order valence-corrected chi connectivity index (χ1v) is 16.4. The fraction of sp³-hybridized carbons (Fsp3) is 0.238. The standard InChI is InChI=1S/C42H40N4O.Pd/c1-25(2)34-13-11-14-35(26(3)4)42(34)41-29(7)44-46(30(41)8)31-20-28(6)21-33(23-31)47-32-16-17-37-36-12-9-10-15-38(36)45(39(37)24-32)40-22-27(5)18-19-43-40;/h9-22,25-26H,1-8H3;/q-2;+2. The second kappa shape index (κ2) is 13.2. The van der Waals surface area contributed by atoms with Crippen molar-refractivity contribution in [3.05, 3.63) is 131 Å². The fourth-order valence-corrected chi connectivity index (χ4v) is 6.84. The average Bonchev–Trinajstić information content (AvgIpc) is 3.52. The molecule has 0 saturated heterocycles. The van der Waals surface area contributed by atoms with E-state index in [1.807, 2.05) is 29.1 Å². The molecule has 5 nitrogen and oxygen atoms in total. The Kier molecular flexibility index (Phi) is 9.18. The van der Waals surface area contributed by atoms with Crippen LogP contribution in [0.25, 0.3) is 44.4 Å². The monoisotopic (exact) mass is 722 g/mol. The maximum atomic E-state index is 6.52. The summed E-state index contributed by atoms with van der Waals surface area (Å²) >= 11 is 0. The molecule has 48 heavy (non-hydrogen) atoms. The molecule has 3 heterocycles. The molecule has 0 aliphatic heterocycles. The molecule has 4 aromatic carbocycles. The van der Waals surface area contributed by atoms with Crippen LogP contribution in [0.1, 0.15) is 73.2 Å². The minimum absolute atomic E-state index is 0. The second-order valence-corrected chi connectivity index (χ2v) is 13.2. The summed E-state index contributed by atoms with van der Waals surface area (Å²) in [5.74, 6) is 2.87. The van der Waals surface area contributed by atoms with Gasteiger partial charge in [-0.2, -0.15) is 16.7 Å². The van der Waals surface area contributed by atoms with Gasteiger partial charge in [0.05, 0.1) is 5.69 Å². The zero-order valence-corrected chi connectivity index (χ0v) is 30.3. The minimum Gasteiger partial charge on any atom is -0.509 e. The Morgan fingerprint density at radius 1 is 0.688 bits per heavy atom. The van der Waals surface area contributed by atoms with E-state index in [9.17, 15) is 0 Å². The average molecular weight is 723 g/mol. The summed E-state index contributed by atoms with van der Waals surface area (Å²) in [6.07, 6.45) is 1.85. The second-order valence-electron chi connectivity index (χ2n) is 13.2. The van der Waals surface area contributed by atoms with E-state index in [0.717, 1.165) is 55.8 Å². The van der Waals surface area contributed by atoms with Crippen LogP contribution in [0, 0.1) is 39.8 Å². The van der Waals surface area contributed by atoms with Gasteiger partial charge in [-0.15, -0.1) is 35.7 Å². The fourth-order valence-electron chi connectivity index (χ4n) is 6.84. The van der Waals surface area contributed by atoms with Crippen LogP contribution in [-0.4, -0.2) is 19.3 Å². The summed E-state index contributed by atoms with van der Waals surface area (Å²) in [5.41, 5.74) is 12.4. The van der Waals surface area contributed by atoms with E-state index < -0.39 is 0 Å². The molecule has 0 unspecified atom stereocenters. The molecule has 0 N–H and O–H groups in total. The van der Waals surface area contributed by atoms with Crippen LogP contribution in [0.4, 0.5) is 0 Å². The van der Waals surface area contributed by atoms with Gasteiger partial charge in [-0.25, -0.2) is 4.98 Å². The number of benzene rings is 4. The van der Waals surface area contributed by atoms with Crippen molar-refractivity contribution in [3.63, 3.8) is 0 Å². The molecule has 7 rings (SSSR count). The van der Waals surface area contributed by atoms with Crippen molar-refractivity contribution >= 4 is 21.8 Å². The van der Waals surface area contributed by atoms with Gasteiger partial charge >= 0.3 is 20.4 Å². The van der Waals surface area contributed by atoms with Crippen LogP contribution < -0.4 is 4.74 Å². The van der Waals surface area contributed by atoms with Crippen molar-refractivity contribution in [2.45, 2.75) is 67.2 Å². The molecule has 0 atom stereocenters. The topological polar surface area (TPSA) is 44.9 Å². The molecule has 244 valence electrons. The van der Waals surface area contributed by atoms with Gasteiger partial charge in [0, 0.05) is 34.5 Å². The SMILES string of the molecule is Cc1cc(Oc2[c-]c3c(cc2)c2ccccc2n3-c2cc(C)ccn2)[c-]c(-n2nc(C)c(-c3c(C(C)C)cccc3C(C)C)c2C)c1.[Pd+2]. The van der Waals surface area contributed by atoms with Crippen molar-refractivity contribution < 1.29 is 25.2 Å². The van der Waals surface area contributed by atoms with E-state index >= 15 is 0 Å². The van der Waals surface area contributed by atoms with Gasteiger partial charge in [-0.3, -0.25) is 4.68 Å². The quantitative estimate of drug-likeness (QED) is 0.122. The number of pyridine rings is 1. The summed E-state index contributed by atoms with van der Waals surface area (Å²) in [4.78, 5) is 4.71. The number of aryl methyl sites for hydroxylation is 3. The van der Waals surface area contributed by atoms with E-state index in [-0.39, 0.29) is 20.4 Å². The summed E-state index contributed by atoms with van der Waals surface area (Å²) in [7, 11) is 0. The van der Waals surface area contributed by atoms with Gasteiger partial charge in [-0.1, -0.05) is 76.5 Å². The predicted octanol–water partition coefficient (Wildman–Crippen LogP) is 10.9. The largest absolute Gasteiger partial charge is 2.00 e. The van der Waals surface area contributed by atoms with Crippen molar-refractivity contribution in [2.24, 2.45) is 0 Å². The predicted molar refractivity (Wildman–Crippen MR) is 192 cm³/mol. The van der Waals surface area contributed by atoms with E-state index in [1.54, 1.807) is 0 Å². The Hall–Kier alpha value is -4.50. The number of rotatable bonds is 7. The van der Waals surface area contributed by atoms with Crippen molar-refractivity contribution in [2.75, 3.05) is 0 Å². The number of aromatic nitrogens is 4. The third-order valence-electron chi connectivity index (χ3n) is 9.02. The smallest absolute Gasteiger partial charge is 0.509 e. The first kappa shape index (κ1) is 33.4. The molecule has 0 bridgehead atoms. The van der Waals surface area contributed by atoms with Crippen molar-refractivity contribution in [3.8, 4) is 34.1 Å². The molecule has 0 radical (unpaired) electrons. The molecular weight excluding hydrogens is 683 g/mol. The van der Waals surface area contributed by atoms with Crippen LogP contribution in [0.15, 0.2) is 85.1 Å². The molecule has 0 amide bonds. The first-order valence-electron chi connectivity index (χ1n) is 16.4. The number of nitrogens with zero attached hydrogens (tertiary/aromatic N) is 4. The Morgan fingerprint density at radius 2 is 1.42 bits per heavy atom. The number of hydrogen-bond acceptors (Lipinski definition) is 3. The van der Waals surface area contributed by atoms with Gasteiger partial charge in [0.25, 0.3) is 0 Å². The Bertz CT molecular complexity index is 2270. The number of hydrogen-bond donors (Lipinski definition) is 0. The Balaban J connectivity index is 0.00000401. The maximum absolute atomic E-state index is 6.52. The molecule has 7 aromatic rings. The van der Waals surface area contributed by atoms with Crippen molar-refractivity contribution in [1.29, 1.82) is 0 Å². The minimum atomic E-state index is 0. The summed E-state index contributed by atoms with van der Waals surface area (Å²) in [6, 6.07) is 34.5. The van der Waals surface area contributed by atoms with E-state index in [4.69, 9.17) is 14.8 Å². The zero-order valence-electron chi connectivity index (χ0n) is 28.8. The van der Waals surface area contributed by atoms with Gasteiger partial charge in [0.2, 0.25) is 0 Å². The molecule has 6 heteroatoms. The van der Waals surface area contributed by atoms with E-state index in [1.165, 1.54) is 22.3 Å². The molecule has 0 aliphatic rings. The van der Waals surface area contributed by atoms with Crippen LogP contribution in [-0.2, 0) is 20.4 Å².